The van der Waals surface area contributed by atoms with Crippen LogP contribution in [0.1, 0.15) is 39.1 Å². The molecule has 0 aliphatic carbocycles. The molecule has 33 heavy (non-hydrogen) atoms. The van der Waals surface area contributed by atoms with Crippen molar-refractivity contribution in [3.63, 3.8) is 0 Å². The predicted octanol–water partition coefficient (Wildman–Crippen LogP) is 4.28. The topological polar surface area (TPSA) is 81.2 Å². The SMILES string of the molecule is NC(=O)c1ccc2cc(N3CCC(Cc4ccccc4)CC3)n(C(=O)c3cccnc3)c2c1. The van der Waals surface area contributed by atoms with Gasteiger partial charge in [-0.15, -0.1) is 0 Å². The number of nitrogens with zero attached hydrogens (tertiary/aromatic N) is 3. The Balaban J connectivity index is 1.47. The number of pyridine rings is 1. The molecule has 6 heteroatoms. The van der Waals surface area contributed by atoms with Gasteiger partial charge in [0.25, 0.3) is 5.91 Å². The number of hydrogen-bond donors (Lipinski definition) is 1. The number of benzene rings is 2. The molecule has 1 saturated heterocycles. The van der Waals surface area contributed by atoms with Gasteiger partial charge in [0.15, 0.2) is 0 Å². The van der Waals surface area contributed by atoms with Crippen molar-refractivity contribution < 1.29 is 9.59 Å². The van der Waals surface area contributed by atoms with E-state index in [0.29, 0.717) is 22.6 Å². The van der Waals surface area contributed by atoms with Gasteiger partial charge in [0, 0.05) is 36.4 Å². The van der Waals surface area contributed by atoms with Crippen LogP contribution in [0.25, 0.3) is 10.9 Å². The summed E-state index contributed by atoms with van der Waals surface area (Å²) < 4.78 is 1.70. The lowest BCUT2D eigenvalue weighted by Gasteiger charge is -2.34. The number of anilines is 1. The lowest BCUT2D eigenvalue weighted by molar-refractivity contribution is 0.0962. The fourth-order valence-electron chi connectivity index (χ4n) is 4.72. The fourth-order valence-corrected chi connectivity index (χ4v) is 4.72. The molecule has 3 heterocycles. The smallest absolute Gasteiger partial charge is 0.265 e. The number of nitrogens with two attached hydrogens (primary N) is 1. The molecule has 4 aromatic rings. The highest BCUT2D eigenvalue weighted by Crippen LogP contribution is 2.32. The molecule has 5 rings (SSSR count). The maximum absolute atomic E-state index is 13.6. The number of amides is 1. The molecule has 1 amide bonds. The minimum Gasteiger partial charge on any atom is -0.366 e. The first kappa shape index (κ1) is 20.9. The molecule has 6 nitrogen and oxygen atoms in total. The molecular weight excluding hydrogens is 412 g/mol. The number of piperidine rings is 1. The Morgan fingerprint density at radius 2 is 1.73 bits per heavy atom. The van der Waals surface area contributed by atoms with Crippen molar-refractivity contribution in [1.29, 1.82) is 0 Å². The van der Waals surface area contributed by atoms with Crippen molar-refractivity contribution in [2.75, 3.05) is 18.0 Å². The molecule has 0 bridgehead atoms. The van der Waals surface area contributed by atoms with Gasteiger partial charge in [-0.3, -0.25) is 19.1 Å². The van der Waals surface area contributed by atoms with Gasteiger partial charge in [-0.25, -0.2) is 0 Å². The average Bonchev–Trinajstić information content (AvgIpc) is 3.24. The molecule has 0 radical (unpaired) electrons. The highest BCUT2D eigenvalue weighted by atomic mass is 16.2. The van der Waals surface area contributed by atoms with E-state index in [4.69, 9.17) is 5.73 Å². The first-order chi connectivity index (χ1) is 16.1. The van der Waals surface area contributed by atoms with Crippen LogP contribution in [-0.4, -0.2) is 34.5 Å². The summed E-state index contributed by atoms with van der Waals surface area (Å²) in [5.74, 6) is 0.790. The second-order valence-electron chi connectivity index (χ2n) is 8.64. The van der Waals surface area contributed by atoms with E-state index >= 15 is 0 Å². The van der Waals surface area contributed by atoms with E-state index < -0.39 is 5.91 Å². The molecule has 0 unspecified atom stereocenters. The Morgan fingerprint density at radius 1 is 0.939 bits per heavy atom. The van der Waals surface area contributed by atoms with Crippen LogP contribution in [0.4, 0.5) is 5.82 Å². The molecule has 1 fully saturated rings. The number of fused-ring (bicyclic) bond motifs is 1. The molecule has 0 saturated carbocycles. The molecule has 1 aliphatic heterocycles. The van der Waals surface area contributed by atoms with Crippen LogP contribution in [0, 0.1) is 5.92 Å². The average molecular weight is 439 g/mol. The largest absolute Gasteiger partial charge is 0.366 e. The lowest BCUT2D eigenvalue weighted by atomic mass is 9.90. The third-order valence-corrected chi connectivity index (χ3v) is 6.49. The zero-order chi connectivity index (χ0) is 22.8. The molecule has 2 aromatic carbocycles. The third-order valence-electron chi connectivity index (χ3n) is 6.49. The van der Waals surface area contributed by atoms with Crippen LogP contribution < -0.4 is 10.6 Å². The number of rotatable bonds is 5. The Kier molecular flexibility index (Phi) is 5.65. The zero-order valence-corrected chi connectivity index (χ0v) is 18.4. The summed E-state index contributed by atoms with van der Waals surface area (Å²) >= 11 is 0. The van der Waals surface area contributed by atoms with Gasteiger partial charge in [-0.05, 0) is 61.1 Å². The summed E-state index contributed by atoms with van der Waals surface area (Å²) in [5.41, 5.74) is 8.45. The van der Waals surface area contributed by atoms with Crippen LogP contribution >= 0.6 is 0 Å². The summed E-state index contributed by atoms with van der Waals surface area (Å²) in [7, 11) is 0. The van der Waals surface area contributed by atoms with Crippen LogP contribution in [0.15, 0.2) is 79.1 Å². The molecule has 166 valence electrons. The predicted molar refractivity (Wildman–Crippen MR) is 130 cm³/mol. The van der Waals surface area contributed by atoms with Crippen LogP contribution in [-0.2, 0) is 6.42 Å². The molecule has 2 N–H and O–H groups in total. The van der Waals surface area contributed by atoms with Crippen molar-refractivity contribution in [3.05, 3.63) is 95.8 Å². The first-order valence-electron chi connectivity index (χ1n) is 11.3. The summed E-state index contributed by atoms with van der Waals surface area (Å²) in [5, 5.41) is 0.902. The summed E-state index contributed by atoms with van der Waals surface area (Å²) in [6, 6.07) is 21.4. The van der Waals surface area contributed by atoms with Crippen LogP contribution in [0.5, 0.6) is 0 Å². The number of aromatic nitrogens is 2. The van der Waals surface area contributed by atoms with E-state index in [1.54, 1.807) is 41.2 Å². The van der Waals surface area contributed by atoms with E-state index in [1.807, 2.05) is 18.2 Å². The van der Waals surface area contributed by atoms with E-state index in [0.717, 1.165) is 43.6 Å². The molecule has 0 spiro atoms. The quantitative estimate of drug-likeness (QED) is 0.504. The Hall–Kier alpha value is -3.93. The Bertz CT molecular complexity index is 1290. The summed E-state index contributed by atoms with van der Waals surface area (Å²) in [4.78, 5) is 31.7. The van der Waals surface area contributed by atoms with Crippen molar-refractivity contribution in [2.45, 2.75) is 19.3 Å². The van der Waals surface area contributed by atoms with Crippen molar-refractivity contribution in [3.8, 4) is 0 Å². The van der Waals surface area contributed by atoms with E-state index in [9.17, 15) is 9.59 Å². The maximum Gasteiger partial charge on any atom is 0.265 e. The van der Waals surface area contributed by atoms with Gasteiger partial charge < -0.3 is 10.6 Å². The molecule has 0 atom stereocenters. The van der Waals surface area contributed by atoms with Gasteiger partial charge in [0.2, 0.25) is 5.91 Å². The second-order valence-corrected chi connectivity index (χ2v) is 8.64. The van der Waals surface area contributed by atoms with Gasteiger partial charge >= 0.3 is 0 Å². The van der Waals surface area contributed by atoms with Crippen LogP contribution in [0.2, 0.25) is 0 Å². The zero-order valence-electron chi connectivity index (χ0n) is 18.4. The number of primary amides is 1. The summed E-state index contributed by atoms with van der Waals surface area (Å²) in [6.07, 6.45) is 6.42. The second kappa shape index (κ2) is 8.90. The van der Waals surface area contributed by atoms with Gasteiger partial charge in [-0.1, -0.05) is 36.4 Å². The maximum atomic E-state index is 13.6. The van der Waals surface area contributed by atoms with Crippen LogP contribution in [0.3, 0.4) is 0 Å². The van der Waals surface area contributed by atoms with Crippen molar-refractivity contribution in [2.24, 2.45) is 11.7 Å². The third kappa shape index (κ3) is 4.24. The minimum absolute atomic E-state index is 0.166. The number of hydrogen-bond acceptors (Lipinski definition) is 4. The Morgan fingerprint density at radius 3 is 2.42 bits per heavy atom. The monoisotopic (exact) mass is 438 g/mol. The van der Waals surface area contributed by atoms with E-state index in [2.05, 4.69) is 34.1 Å². The van der Waals surface area contributed by atoms with Gasteiger partial charge in [0.05, 0.1) is 11.1 Å². The molecule has 2 aromatic heterocycles. The van der Waals surface area contributed by atoms with Crippen molar-refractivity contribution in [1.82, 2.24) is 9.55 Å². The lowest BCUT2D eigenvalue weighted by Crippen LogP contribution is -2.36. The highest BCUT2D eigenvalue weighted by molar-refractivity contribution is 6.07. The normalized spacial score (nSPS) is 14.5. The van der Waals surface area contributed by atoms with Crippen molar-refractivity contribution >= 4 is 28.5 Å². The standard InChI is InChI=1S/C27H26N4O2/c28-26(32)22-9-8-21-17-25(31(24(21)16-22)27(33)23-7-4-12-29-18-23)30-13-10-20(11-14-30)15-19-5-2-1-3-6-19/h1-9,12,16-18,20H,10-11,13-15H2,(H2,28,32). The Labute approximate surface area is 192 Å². The summed E-state index contributed by atoms with van der Waals surface area (Å²) in [6.45, 7) is 1.74. The minimum atomic E-state index is -0.512. The van der Waals surface area contributed by atoms with E-state index in [1.165, 1.54) is 5.56 Å². The molecular formula is C27H26N4O2. The number of carbonyl (C=O) groups is 2. The number of carbonyl (C=O) groups excluding carboxylic acids is 2. The van der Waals surface area contributed by atoms with Gasteiger partial charge in [-0.2, -0.15) is 0 Å². The molecule has 1 aliphatic rings. The fraction of sp³-hybridized carbons (Fsp3) is 0.222. The van der Waals surface area contributed by atoms with Gasteiger partial charge in [0.1, 0.15) is 5.82 Å². The highest BCUT2D eigenvalue weighted by Gasteiger charge is 2.26. The van der Waals surface area contributed by atoms with E-state index in [-0.39, 0.29) is 5.91 Å². The first-order valence-corrected chi connectivity index (χ1v) is 11.3.